The van der Waals surface area contributed by atoms with Gasteiger partial charge in [-0.25, -0.2) is 0 Å². The molecule has 92 valence electrons. The van der Waals surface area contributed by atoms with Crippen LogP contribution in [0.15, 0.2) is 30.3 Å². The van der Waals surface area contributed by atoms with Crippen molar-refractivity contribution in [3.05, 3.63) is 35.9 Å². The second-order valence-electron chi connectivity index (χ2n) is 4.49. The van der Waals surface area contributed by atoms with Crippen molar-refractivity contribution in [2.24, 2.45) is 0 Å². The Labute approximate surface area is 101 Å². The SMILES string of the molecule is CN1CCN([C@@H](C(=O)O)c2ccccc2)CC1. The van der Waals surface area contributed by atoms with Crippen LogP contribution in [0.4, 0.5) is 0 Å². The maximum atomic E-state index is 11.4. The molecule has 1 aliphatic rings. The van der Waals surface area contributed by atoms with Crippen LogP contribution in [0.25, 0.3) is 0 Å². The average molecular weight is 234 g/mol. The molecule has 4 nitrogen and oxygen atoms in total. The molecular formula is C13H18N2O2. The predicted octanol–water partition coefficient (Wildman–Crippen LogP) is 1.06. The zero-order valence-corrected chi connectivity index (χ0v) is 10.0. The lowest BCUT2D eigenvalue weighted by molar-refractivity contribution is -0.144. The molecule has 17 heavy (non-hydrogen) atoms. The smallest absolute Gasteiger partial charge is 0.325 e. The Bertz CT molecular complexity index is 372. The van der Waals surface area contributed by atoms with Crippen molar-refractivity contribution in [1.29, 1.82) is 0 Å². The minimum Gasteiger partial charge on any atom is -0.480 e. The standard InChI is InChI=1S/C13H18N2O2/c1-14-7-9-15(10-8-14)12(13(16)17)11-5-3-2-4-6-11/h2-6,12H,7-10H2,1H3,(H,16,17)/t12-/m1/s1. The summed E-state index contributed by atoms with van der Waals surface area (Å²) in [6.07, 6.45) is 0. The molecule has 0 spiro atoms. The number of hydrogen-bond donors (Lipinski definition) is 1. The maximum Gasteiger partial charge on any atom is 0.325 e. The zero-order valence-electron chi connectivity index (χ0n) is 10.0. The molecule has 4 heteroatoms. The first-order chi connectivity index (χ1) is 8.18. The fourth-order valence-electron chi connectivity index (χ4n) is 2.23. The number of rotatable bonds is 3. The van der Waals surface area contributed by atoms with E-state index in [2.05, 4.69) is 11.9 Å². The minimum absolute atomic E-state index is 0.509. The molecule has 1 aliphatic heterocycles. The largest absolute Gasteiger partial charge is 0.480 e. The molecule has 0 bridgehead atoms. The van der Waals surface area contributed by atoms with Gasteiger partial charge in [-0.3, -0.25) is 9.69 Å². The Balaban J connectivity index is 2.16. The highest BCUT2D eigenvalue weighted by Crippen LogP contribution is 2.21. The molecule has 0 amide bonds. The van der Waals surface area contributed by atoms with E-state index in [-0.39, 0.29) is 0 Å². The van der Waals surface area contributed by atoms with Crippen molar-refractivity contribution in [3.8, 4) is 0 Å². The van der Waals surface area contributed by atoms with E-state index >= 15 is 0 Å². The van der Waals surface area contributed by atoms with E-state index in [9.17, 15) is 9.90 Å². The van der Waals surface area contributed by atoms with Gasteiger partial charge in [-0.1, -0.05) is 30.3 Å². The number of nitrogens with zero attached hydrogens (tertiary/aromatic N) is 2. The highest BCUT2D eigenvalue weighted by Gasteiger charge is 2.29. The molecule has 1 aromatic carbocycles. The van der Waals surface area contributed by atoms with Gasteiger partial charge in [-0.05, 0) is 12.6 Å². The lowest BCUT2D eigenvalue weighted by Crippen LogP contribution is -2.47. The summed E-state index contributed by atoms with van der Waals surface area (Å²) in [5.74, 6) is -0.763. The Morgan fingerprint density at radius 1 is 1.18 bits per heavy atom. The summed E-state index contributed by atoms with van der Waals surface area (Å²) < 4.78 is 0. The Kier molecular flexibility index (Phi) is 3.76. The van der Waals surface area contributed by atoms with Crippen molar-refractivity contribution in [1.82, 2.24) is 9.80 Å². The molecule has 0 unspecified atom stereocenters. The third-order valence-corrected chi connectivity index (χ3v) is 3.25. The Morgan fingerprint density at radius 3 is 2.29 bits per heavy atom. The summed E-state index contributed by atoms with van der Waals surface area (Å²) in [5, 5.41) is 9.39. The Morgan fingerprint density at radius 2 is 1.76 bits per heavy atom. The number of aliphatic carboxylic acids is 1. The van der Waals surface area contributed by atoms with Crippen molar-refractivity contribution >= 4 is 5.97 Å². The van der Waals surface area contributed by atoms with E-state index in [1.807, 2.05) is 35.2 Å². The Hall–Kier alpha value is -1.39. The predicted molar refractivity (Wildman–Crippen MR) is 65.9 cm³/mol. The van der Waals surface area contributed by atoms with Crippen LogP contribution in [0.5, 0.6) is 0 Å². The lowest BCUT2D eigenvalue weighted by Gasteiger charge is -2.36. The van der Waals surface area contributed by atoms with Crippen LogP contribution in [0, 0.1) is 0 Å². The number of carbonyl (C=O) groups is 1. The summed E-state index contributed by atoms with van der Waals surface area (Å²) >= 11 is 0. The fraction of sp³-hybridized carbons (Fsp3) is 0.462. The molecule has 1 fully saturated rings. The first-order valence-electron chi connectivity index (χ1n) is 5.89. The minimum atomic E-state index is -0.763. The van der Waals surface area contributed by atoms with Gasteiger partial charge in [0.05, 0.1) is 0 Å². The molecule has 0 aliphatic carbocycles. The van der Waals surface area contributed by atoms with Crippen molar-refractivity contribution in [2.75, 3.05) is 33.2 Å². The van der Waals surface area contributed by atoms with Gasteiger partial charge in [0.1, 0.15) is 6.04 Å². The van der Waals surface area contributed by atoms with Gasteiger partial charge in [0.15, 0.2) is 0 Å². The van der Waals surface area contributed by atoms with Gasteiger partial charge in [-0.2, -0.15) is 0 Å². The molecule has 0 radical (unpaired) electrons. The molecule has 1 heterocycles. The zero-order chi connectivity index (χ0) is 12.3. The molecule has 1 saturated heterocycles. The van der Waals surface area contributed by atoms with Crippen molar-refractivity contribution in [3.63, 3.8) is 0 Å². The number of carboxylic acids is 1. The van der Waals surface area contributed by atoms with Crippen LogP contribution in [-0.2, 0) is 4.79 Å². The molecule has 1 N–H and O–H groups in total. The van der Waals surface area contributed by atoms with Gasteiger partial charge in [0.2, 0.25) is 0 Å². The molecule has 0 saturated carbocycles. The third-order valence-electron chi connectivity index (χ3n) is 3.25. The summed E-state index contributed by atoms with van der Waals surface area (Å²) in [6, 6.07) is 8.95. The van der Waals surface area contributed by atoms with Gasteiger partial charge in [0.25, 0.3) is 0 Å². The van der Waals surface area contributed by atoms with Gasteiger partial charge in [0, 0.05) is 26.2 Å². The molecular weight excluding hydrogens is 216 g/mol. The molecule has 1 atom stereocenters. The van der Waals surface area contributed by atoms with E-state index < -0.39 is 12.0 Å². The molecule has 2 rings (SSSR count). The summed E-state index contributed by atoms with van der Waals surface area (Å²) in [4.78, 5) is 15.7. The normalized spacial score (nSPS) is 20.1. The number of likely N-dealkylation sites (N-methyl/N-ethyl adjacent to an activating group) is 1. The maximum absolute atomic E-state index is 11.4. The van der Waals surface area contributed by atoms with E-state index in [1.54, 1.807) is 0 Å². The van der Waals surface area contributed by atoms with Crippen LogP contribution in [0.2, 0.25) is 0 Å². The second-order valence-corrected chi connectivity index (χ2v) is 4.49. The van der Waals surface area contributed by atoms with Crippen LogP contribution >= 0.6 is 0 Å². The third kappa shape index (κ3) is 2.84. The fourth-order valence-corrected chi connectivity index (χ4v) is 2.23. The second kappa shape index (κ2) is 5.29. The topological polar surface area (TPSA) is 43.8 Å². The monoisotopic (exact) mass is 234 g/mol. The number of hydrogen-bond acceptors (Lipinski definition) is 3. The first kappa shape index (κ1) is 12.1. The average Bonchev–Trinajstić information content (AvgIpc) is 2.33. The molecule has 0 aromatic heterocycles. The quantitative estimate of drug-likeness (QED) is 0.849. The highest BCUT2D eigenvalue weighted by molar-refractivity contribution is 5.75. The van der Waals surface area contributed by atoms with E-state index in [0.29, 0.717) is 0 Å². The summed E-state index contributed by atoms with van der Waals surface area (Å²) in [7, 11) is 2.07. The van der Waals surface area contributed by atoms with Gasteiger partial charge >= 0.3 is 5.97 Å². The van der Waals surface area contributed by atoms with Gasteiger partial charge < -0.3 is 10.0 Å². The van der Waals surface area contributed by atoms with E-state index in [4.69, 9.17) is 0 Å². The number of piperazine rings is 1. The van der Waals surface area contributed by atoms with Crippen LogP contribution in [-0.4, -0.2) is 54.1 Å². The van der Waals surface area contributed by atoms with E-state index in [0.717, 1.165) is 31.7 Å². The lowest BCUT2D eigenvalue weighted by atomic mass is 10.0. The number of carboxylic acid groups (broad SMARTS) is 1. The number of benzene rings is 1. The first-order valence-corrected chi connectivity index (χ1v) is 5.89. The van der Waals surface area contributed by atoms with E-state index in [1.165, 1.54) is 0 Å². The summed E-state index contributed by atoms with van der Waals surface area (Å²) in [6.45, 7) is 3.47. The van der Waals surface area contributed by atoms with Crippen molar-refractivity contribution < 1.29 is 9.90 Å². The van der Waals surface area contributed by atoms with Crippen molar-refractivity contribution in [2.45, 2.75) is 6.04 Å². The van der Waals surface area contributed by atoms with Crippen LogP contribution in [0.1, 0.15) is 11.6 Å². The van der Waals surface area contributed by atoms with Crippen LogP contribution < -0.4 is 0 Å². The highest BCUT2D eigenvalue weighted by atomic mass is 16.4. The molecule has 1 aromatic rings. The van der Waals surface area contributed by atoms with Crippen LogP contribution in [0.3, 0.4) is 0 Å². The van der Waals surface area contributed by atoms with Gasteiger partial charge in [-0.15, -0.1) is 0 Å². The summed E-state index contributed by atoms with van der Waals surface area (Å²) in [5.41, 5.74) is 0.865.